The number of hydrogen-bond acceptors (Lipinski definition) is 10. The Morgan fingerprint density at radius 1 is 1.23 bits per heavy atom. The van der Waals surface area contributed by atoms with Crippen molar-refractivity contribution in [1.29, 1.82) is 5.26 Å². The van der Waals surface area contributed by atoms with Gasteiger partial charge < -0.3 is 10.6 Å². The standard InChI is InChI=1S/C15H22N6O7S2/c16-10-15(11-29(23,24)25)2-1-7-21(15,12-30(26,27)28)14(22)9-18-4-6-20-13-8-17-3-5-19-13/h3,5,8,18H,1-2,4,6-7,9,11-12H2,(H2-,19,20,23,24,25,26,27,28)/p+1/t15?,21-/m0/s1. The van der Waals surface area contributed by atoms with Crippen LogP contribution < -0.4 is 10.6 Å². The number of anilines is 1. The number of nitrogens with one attached hydrogen (secondary N) is 2. The first-order valence-electron chi connectivity index (χ1n) is 8.86. The molecule has 0 spiro atoms. The Bertz CT molecular complexity index is 1010. The highest BCUT2D eigenvalue weighted by molar-refractivity contribution is 7.86. The molecule has 1 saturated heterocycles. The molecule has 1 aliphatic heterocycles. The largest absolute Gasteiger partial charge is 0.368 e. The molecule has 1 aliphatic rings. The molecule has 13 nitrogen and oxygen atoms in total. The highest BCUT2D eigenvalue weighted by Gasteiger charge is 2.63. The number of nitrogens with zero attached hydrogens (tertiary/aromatic N) is 4. The molecule has 4 N–H and O–H groups in total. The van der Waals surface area contributed by atoms with E-state index in [-0.39, 0.29) is 32.5 Å². The lowest BCUT2D eigenvalue weighted by atomic mass is 9.98. The smallest absolute Gasteiger partial charge is 0.329 e. The number of amides is 1. The van der Waals surface area contributed by atoms with E-state index in [2.05, 4.69) is 20.6 Å². The van der Waals surface area contributed by atoms with Crippen LogP contribution in [0.2, 0.25) is 0 Å². The number of rotatable bonds is 10. The number of nitriles is 1. The van der Waals surface area contributed by atoms with E-state index in [4.69, 9.17) is 0 Å². The molecule has 0 radical (unpaired) electrons. The van der Waals surface area contributed by atoms with E-state index in [9.17, 15) is 36.0 Å². The number of carbonyl (C=O) groups excluding carboxylic acids is 1. The van der Waals surface area contributed by atoms with Gasteiger partial charge in [-0.1, -0.05) is 0 Å². The van der Waals surface area contributed by atoms with Crippen molar-refractivity contribution in [2.24, 2.45) is 0 Å². The van der Waals surface area contributed by atoms with Crippen molar-refractivity contribution in [3.63, 3.8) is 0 Å². The Morgan fingerprint density at radius 2 is 1.97 bits per heavy atom. The highest BCUT2D eigenvalue weighted by atomic mass is 32.2. The topological polar surface area (TPSA) is 199 Å². The van der Waals surface area contributed by atoms with E-state index >= 15 is 0 Å². The van der Waals surface area contributed by atoms with Crippen molar-refractivity contribution in [1.82, 2.24) is 15.3 Å². The first-order valence-corrected chi connectivity index (χ1v) is 12.1. The van der Waals surface area contributed by atoms with Crippen LogP contribution >= 0.6 is 0 Å². The normalized spacial score (nSPS) is 24.3. The third-order valence-electron chi connectivity index (χ3n) is 4.89. The van der Waals surface area contributed by atoms with Crippen LogP contribution in [-0.4, -0.2) is 89.6 Å². The van der Waals surface area contributed by atoms with Crippen LogP contribution in [0.15, 0.2) is 18.6 Å². The Kier molecular flexibility index (Phi) is 7.45. The van der Waals surface area contributed by atoms with Gasteiger partial charge in [-0.2, -0.15) is 22.1 Å². The predicted molar refractivity (Wildman–Crippen MR) is 104 cm³/mol. The lowest BCUT2D eigenvalue weighted by Gasteiger charge is -2.40. The molecule has 2 rings (SSSR count). The summed E-state index contributed by atoms with van der Waals surface area (Å²) in [5, 5.41) is 15.4. The molecule has 0 aliphatic carbocycles. The van der Waals surface area contributed by atoms with Crippen LogP contribution in [-0.2, 0) is 25.0 Å². The molecule has 1 aromatic rings. The van der Waals surface area contributed by atoms with Gasteiger partial charge in [0.15, 0.2) is 0 Å². The Labute approximate surface area is 174 Å². The molecular weight excluding hydrogens is 440 g/mol. The molecule has 2 heterocycles. The third kappa shape index (κ3) is 5.90. The maximum atomic E-state index is 13.0. The molecule has 0 saturated carbocycles. The second kappa shape index (κ2) is 9.29. The van der Waals surface area contributed by atoms with Gasteiger partial charge in [-0.05, 0) is 0 Å². The fourth-order valence-electron chi connectivity index (χ4n) is 3.67. The maximum absolute atomic E-state index is 13.0. The molecule has 1 amide bonds. The minimum atomic E-state index is -4.75. The molecule has 30 heavy (non-hydrogen) atoms. The number of quaternary nitrogens is 1. The molecule has 1 fully saturated rings. The van der Waals surface area contributed by atoms with Gasteiger partial charge in [0.25, 0.3) is 10.1 Å². The lowest BCUT2D eigenvalue weighted by molar-refractivity contribution is -0.869. The van der Waals surface area contributed by atoms with Crippen molar-refractivity contribution in [3.05, 3.63) is 18.6 Å². The third-order valence-corrected chi connectivity index (χ3v) is 6.50. The SMILES string of the molecule is N#CC1(CS(=O)(=O)O)CCC[N@+]1(CS(=O)(=O)O)C(=O)CNCCNc1cnccn1. The molecule has 1 aromatic heterocycles. The molecule has 2 atom stereocenters. The summed E-state index contributed by atoms with van der Waals surface area (Å²) in [6.45, 7) is 0.0541. The first kappa shape index (κ1) is 24.1. The predicted octanol–water partition coefficient (Wildman–Crippen LogP) is -1.39. The summed E-state index contributed by atoms with van der Waals surface area (Å²) >= 11 is 0. The van der Waals surface area contributed by atoms with Crippen LogP contribution in [0.3, 0.4) is 0 Å². The van der Waals surface area contributed by atoms with Crippen LogP contribution in [0, 0.1) is 11.3 Å². The summed E-state index contributed by atoms with van der Waals surface area (Å²) < 4.78 is 63.8. The average Bonchev–Trinajstić information content (AvgIpc) is 2.98. The maximum Gasteiger partial charge on any atom is 0.329 e. The molecule has 0 aromatic carbocycles. The number of hydrogen-bond donors (Lipinski definition) is 4. The van der Waals surface area contributed by atoms with Gasteiger partial charge in [0, 0.05) is 38.3 Å². The van der Waals surface area contributed by atoms with Crippen molar-refractivity contribution >= 4 is 32.0 Å². The van der Waals surface area contributed by atoms with Crippen molar-refractivity contribution in [3.8, 4) is 6.07 Å². The van der Waals surface area contributed by atoms with Gasteiger partial charge in [-0.25, -0.2) is 14.3 Å². The molecule has 15 heteroatoms. The molecule has 1 unspecified atom stereocenters. The van der Waals surface area contributed by atoms with Gasteiger partial charge in [0.05, 0.1) is 12.7 Å². The summed E-state index contributed by atoms with van der Waals surface area (Å²) in [6, 6.07) is 1.73. The summed E-state index contributed by atoms with van der Waals surface area (Å²) in [7, 11) is -9.46. The molecular formula is C15H23N6O7S2+. The van der Waals surface area contributed by atoms with Gasteiger partial charge in [0.2, 0.25) is 11.4 Å². The van der Waals surface area contributed by atoms with Gasteiger partial charge in [-0.3, -0.25) is 14.1 Å². The van der Waals surface area contributed by atoms with Crippen LogP contribution in [0.25, 0.3) is 0 Å². The van der Waals surface area contributed by atoms with E-state index in [1.54, 1.807) is 6.07 Å². The van der Waals surface area contributed by atoms with E-state index in [0.717, 1.165) is 0 Å². The lowest BCUT2D eigenvalue weighted by Crippen LogP contribution is -2.68. The molecule has 0 bridgehead atoms. The fraction of sp³-hybridized carbons (Fsp3) is 0.600. The second-order valence-corrected chi connectivity index (χ2v) is 9.84. The summed E-state index contributed by atoms with van der Waals surface area (Å²) in [5.41, 5.74) is -2.03. The minimum absolute atomic E-state index is 0.126. The highest BCUT2D eigenvalue weighted by Crippen LogP contribution is 2.39. The quantitative estimate of drug-likeness (QED) is 0.180. The van der Waals surface area contributed by atoms with E-state index in [1.165, 1.54) is 18.6 Å². The van der Waals surface area contributed by atoms with Gasteiger partial charge in [-0.15, -0.1) is 0 Å². The van der Waals surface area contributed by atoms with Crippen LogP contribution in [0.1, 0.15) is 12.8 Å². The summed E-state index contributed by atoms with van der Waals surface area (Å²) in [6.07, 6.45) is 4.53. The van der Waals surface area contributed by atoms with Gasteiger partial charge >= 0.3 is 16.0 Å². The summed E-state index contributed by atoms with van der Waals surface area (Å²) in [4.78, 5) is 20.9. The van der Waals surface area contributed by atoms with E-state index in [1.807, 2.05) is 0 Å². The summed E-state index contributed by atoms with van der Waals surface area (Å²) in [5.74, 6) is -2.55. The zero-order valence-electron chi connectivity index (χ0n) is 15.9. The van der Waals surface area contributed by atoms with Crippen LogP contribution in [0.5, 0.6) is 0 Å². The average molecular weight is 464 g/mol. The fourth-order valence-corrected chi connectivity index (χ4v) is 5.81. The minimum Gasteiger partial charge on any atom is -0.368 e. The Balaban J connectivity index is 2.15. The van der Waals surface area contributed by atoms with E-state index in [0.29, 0.717) is 12.4 Å². The van der Waals surface area contributed by atoms with Crippen molar-refractivity contribution in [2.45, 2.75) is 18.4 Å². The van der Waals surface area contributed by atoms with E-state index < -0.39 is 47.8 Å². The first-order chi connectivity index (χ1) is 13.9. The Hall–Kier alpha value is -2.22. The zero-order chi connectivity index (χ0) is 22.5. The monoisotopic (exact) mass is 463 g/mol. The Morgan fingerprint density at radius 3 is 2.53 bits per heavy atom. The number of carbonyl (C=O) groups is 1. The van der Waals surface area contributed by atoms with Gasteiger partial charge in [0.1, 0.15) is 24.2 Å². The second-order valence-electron chi connectivity index (χ2n) is 6.96. The zero-order valence-corrected chi connectivity index (χ0v) is 17.6. The number of likely N-dealkylation sites (tertiary alicyclic amines) is 1. The van der Waals surface area contributed by atoms with Crippen molar-refractivity contribution < 1.29 is 35.2 Å². The van der Waals surface area contributed by atoms with Crippen molar-refractivity contribution in [2.75, 3.05) is 43.1 Å². The molecule has 166 valence electrons. The number of aromatic nitrogens is 2. The van der Waals surface area contributed by atoms with Crippen LogP contribution in [0.4, 0.5) is 5.82 Å².